The third kappa shape index (κ3) is 2.25. The van der Waals surface area contributed by atoms with Crippen LogP contribution >= 0.6 is 0 Å². The van der Waals surface area contributed by atoms with Crippen LogP contribution in [0.1, 0.15) is 22.8 Å². The molecule has 2 heterocycles. The molecule has 0 unspecified atom stereocenters. The zero-order valence-corrected chi connectivity index (χ0v) is 10.1. The number of nitrogens with one attached hydrogen (secondary N) is 2. The van der Waals surface area contributed by atoms with E-state index in [1.807, 2.05) is 0 Å². The number of carbonyl (C=O) groups is 1. The molecule has 0 aliphatic heterocycles. The number of halogens is 2. The minimum atomic E-state index is -2.66. The van der Waals surface area contributed by atoms with Gasteiger partial charge in [-0.15, -0.1) is 0 Å². The van der Waals surface area contributed by atoms with Crippen molar-refractivity contribution in [2.24, 2.45) is 0 Å². The first-order valence-corrected chi connectivity index (χ1v) is 5.76. The number of amides is 1. The van der Waals surface area contributed by atoms with E-state index in [4.69, 9.17) is 4.42 Å². The highest BCUT2D eigenvalue weighted by Crippen LogP contribution is 2.22. The first kappa shape index (κ1) is 12.3. The maximum atomic E-state index is 12.5. The van der Waals surface area contributed by atoms with Crippen molar-refractivity contribution >= 4 is 22.6 Å². The summed E-state index contributed by atoms with van der Waals surface area (Å²) in [6, 6.07) is 7.80. The molecule has 1 aromatic carbocycles. The number of rotatable bonds is 3. The second-order valence-electron chi connectivity index (χ2n) is 4.09. The van der Waals surface area contributed by atoms with E-state index in [1.54, 1.807) is 18.2 Å². The number of aromatic amines is 1. The molecule has 0 saturated carbocycles. The van der Waals surface area contributed by atoms with Crippen LogP contribution in [0.15, 0.2) is 41.0 Å². The minimum Gasteiger partial charge on any atom is -0.459 e. The zero-order valence-electron chi connectivity index (χ0n) is 10.1. The molecule has 0 spiro atoms. The van der Waals surface area contributed by atoms with Crippen molar-refractivity contribution in [3.8, 4) is 0 Å². The van der Waals surface area contributed by atoms with Crippen LogP contribution in [0, 0.1) is 0 Å². The van der Waals surface area contributed by atoms with Crippen LogP contribution in [0.3, 0.4) is 0 Å². The Balaban J connectivity index is 1.87. The second-order valence-corrected chi connectivity index (χ2v) is 4.09. The Morgan fingerprint density at radius 1 is 1.35 bits per heavy atom. The molecule has 2 N–H and O–H groups in total. The molecule has 0 aliphatic rings. The Bertz CT molecular complexity index is 750. The molecular formula is C13H9F2N3O2. The molecule has 0 saturated heterocycles. The summed E-state index contributed by atoms with van der Waals surface area (Å²) in [5.41, 5.74) is 1.30. The smallest absolute Gasteiger partial charge is 0.295 e. The van der Waals surface area contributed by atoms with Crippen molar-refractivity contribution in [1.29, 1.82) is 0 Å². The number of anilines is 1. The molecule has 20 heavy (non-hydrogen) atoms. The molecular weight excluding hydrogens is 268 g/mol. The average Bonchev–Trinajstić information content (AvgIpc) is 3.07. The molecule has 7 heteroatoms. The number of nitrogens with zero attached hydrogens (tertiary/aromatic N) is 1. The Kier molecular flexibility index (Phi) is 2.94. The number of H-pyrrole nitrogens is 1. The number of imidazole rings is 1. The molecule has 0 bridgehead atoms. The Hall–Kier alpha value is -2.70. The van der Waals surface area contributed by atoms with Gasteiger partial charge >= 0.3 is 0 Å². The molecule has 0 atom stereocenters. The molecule has 0 fully saturated rings. The lowest BCUT2D eigenvalue weighted by Gasteiger charge is -2.02. The highest BCUT2D eigenvalue weighted by atomic mass is 19.3. The maximum Gasteiger partial charge on any atom is 0.295 e. The summed E-state index contributed by atoms with van der Waals surface area (Å²) in [7, 11) is 0. The standard InChI is InChI=1S/C13H9F2N3O2/c14-11(15)12-17-8-4-3-7(6-9(8)18-12)16-13(19)10-2-1-5-20-10/h1-6,11H,(H,16,19)(H,17,18). The summed E-state index contributed by atoms with van der Waals surface area (Å²) in [6.07, 6.45) is -1.27. The highest BCUT2D eigenvalue weighted by molar-refractivity contribution is 6.03. The van der Waals surface area contributed by atoms with Gasteiger partial charge in [0.25, 0.3) is 12.3 Å². The van der Waals surface area contributed by atoms with Gasteiger partial charge in [-0.1, -0.05) is 0 Å². The normalized spacial score (nSPS) is 11.2. The summed E-state index contributed by atoms with van der Waals surface area (Å²) in [5, 5.41) is 2.61. The van der Waals surface area contributed by atoms with Gasteiger partial charge in [0.05, 0.1) is 17.3 Å². The number of fused-ring (bicyclic) bond motifs is 1. The van der Waals surface area contributed by atoms with E-state index < -0.39 is 18.2 Å². The Labute approximate surface area is 111 Å². The molecule has 1 amide bonds. The van der Waals surface area contributed by atoms with Crippen LogP contribution in [0.25, 0.3) is 11.0 Å². The Morgan fingerprint density at radius 3 is 2.90 bits per heavy atom. The summed E-state index contributed by atoms with van der Waals surface area (Å²) < 4.78 is 30.0. The third-order valence-electron chi connectivity index (χ3n) is 2.71. The SMILES string of the molecule is O=C(Nc1ccc2nc(C(F)F)[nH]c2c1)c1ccco1. The van der Waals surface area contributed by atoms with Crippen LogP contribution in [0.2, 0.25) is 0 Å². The van der Waals surface area contributed by atoms with Gasteiger partial charge in [-0.2, -0.15) is 0 Å². The van der Waals surface area contributed by atoms with Gasteiger partial charge in [0.15, 0.2) is 11.6 Å². The van der Waals surface area contributed by atoms with Crippen molar-refractivity contribution in [1.82, 2.24) is 9.97 Å². The number of furan rings is 1. The zero-order chi connectivity index (χ0) is 14.1. The summed E-state index contributed by atoms with van der Waals surface area (Å²) in [6.45, 7) is 0. The van der Waals surface area contributed by atoms with Gasteiger partial charge in [0, 0.05) is 5.69 Å². The van der Waals surface area contributed by atoms with Crippen LogP contribution in [0.5, 0.6) is 0 Å². The molecule has 2 aromatic heterocycles. The number of aromatic nitrogens is 2. The summed E-state index contributed by atoms with van der Waals surface area (Å²) in [4.78, 5) is 18.0. The lowest BCUT2D eigenvalue weighted by Crippen LogP contribution is -2.10. The predicted molar refractivity (Wildman–Crippen MR) is 67.7 cm³/mol. The molecule has 5 nitrogen and oxygen atoms in total. The molecule has 102 valence electrons. The number of hydrogen-bond donors (Lipinski definition) is 2. The molecule has 3 aromatic rings. The first-order chi connectivity index (χ1) is 9.63. The lowest BCUT2D eigenvalue weighted by atomic mass is 10.2. The van der Waals surface area contributed by atoms with E-state index in [1.165, 1.54) is 18.4 Å². The lowest BCUT2D eigenvalue weighted by molar-refractivity contribution is 0.0996. The van der Waals surface area contributed by atoms with Crippen molar-refractivity contribution in [2.45, 2.75) is 6.43 Å². The van der Waals surface area contributed by atoms with E-state index in [0.29, 0.717) is 16.7 Å². The predicted octanol–water partition coefficient (Wildman–Crippen LogP) is 3.35. The fourth-order valence-electron chi connectivity index (χ4n) is 1.81. The van der Waals surface area contributed by atoms with E-state index in [2.05, 4.69) is 15.3 Å². The van der Waals surface area contributed by atoms with E-state index in [9.17, 15) is 13.6 Å². The van der Waals surface area contributed by atoms with E-state index in [0.717, 1.165) is 0 Å². The largest absolute Gasteiger partial charge is 0.459 e. The van der Waals surface area contributed by atoms with Gasteiger partial charge in [0.1, 0.15) is 0 Å². The number of benzene rings is 1. The number of carbonyl (C=O) groups excluding carboxylic acids is 1. The monoisotopic (exact) mass is 277 g/mol. The van der Waals surface area contributed by atoms with Gasteiger partial charge in [-0.05, 0) is 30.3 Å². The Morgan fingerprint density at radius 2 is 2.20 bits per heavy atom. The van der Waals surface area contributed by atoms with E-state index in [-0.39, 0.29) is 5.76 Å². The van der Waals surface area contributed by atoms with Crippen molar-refractivity contribution < 1.29 is 18.0 Å². The van der Waals surface area contributed by atoms with Crippen molar-refractivity contribution in [3.05, 3.63) is 48.2 Å². The van der Waals surface area contributed by atoms with Crippen molar-refractivity contribution in [2.75, 3.05) is 5.32 Å². The van der Waals surface area contributed by atoms with Gasteiger partial charge in [0.2, 0.25) is 0 Å². The molecule has 3 rings (SSSR count). The van der Waals surface area contributed by atoms with Gasteiger partial charge < -0.3 is 14.7 Å². The van der Waals surface area contributed by atoms with Crippen LogP contribution in [-0.4, -0.2) is 15.9 Å². The second kappa shape index (κ2) is 4.76. The van der Waals surface area contributed by atoms with Crippen LogP contribution in [0.4, 0.5) is 14.5 Å². The molecule has 0 aliphatic carbocycles. The highest BCUT2D eigenvalue weighted by Gasteiger charge is 2.13. The minimum absolute atomic E-state index is 0.169. The summed E-state index contributed by atoms with van der Waals surface area (Å²) >= 11 is 0. The fourth-order valence-corrected chi connectivity index (χ4v) is 1.81. The van der Waals surface area contributed by atoms with Crippen LogP contribution in [-0.2, 0) is 0 Å². The first-order valence-electron chi connectivity index (χ1n) is 5.76. The van der Waals surface area contributed by atoms with Crippen LogP contribution < -0.4 is 5.32 Å². The third-order valence-corrected chi connectivity index (χ3v) is 2.71. The van der Waals surface area contributed by atoms with E-state index >= 15 is 0 Å². The average molecular weight is 277 g/mol. The van der Waals surface area contributed by atoms with Crippen molar-refractivity contribution in [3.63, 3.8) is 0 Å². The van der Waals surface area contributed by atoms with Gasteiger partial charge in [-0.3, -0.25) is 4.79 Å². The summed E-state index contributed by atoms with van der Waals surface area (Å²) in [5.74, 6) is -0.638. The maximum absolute atomic E-state index is 12.5. The topological polar surface area (TPSA) is 70.9 Å². The molecule has 0 radical (unpaired) electrons. The van der Waals surface area contributed by atoms with Gasteiger partial charge in [-0.25, -0.2) is 13.8 Å². The number of hydrogen-bond acceptors (Lipinski definition) is 3. The number of alkyl halides is 2. The fraction of sp³-hybridized carbons (Fsp3) is 0.0769. The quantitative estimate of drug-likeness (QED) is 0.771.